The minimum Gasteiger partial charge on any atom is -0.465 e. The van der Waals surface area contributed by atoms with Crippen molar-refractivity contribution in [1.82, 2.24) is 10.6 Å². The number of carbonyl (C=O) groups excluding carboxylic acids is 4. The maximum Gasteiger partial charge on any atom is 0.337 e. The van der Waals surface area contributed by atoms with Crippen LogP contribution < -0.4 is 10.6 Å². The Kier molecular flexibility index (Phi) is 8.56. The number of rotatable bonds is 7. The molecule has 0 heterocycles. The van der Waals surface area contributed by atoms with Crippen LogP contribution in [0.3, 0.4) is 0 Å². The molecule has 0 aliphatic rings. The van der Waals surface area contributed by atoms with Gasteiger partial charge in [-0.1, -0.05) is 19.1 Å². The maximum absolute atomic E-state index is 11.6. The van der Waals surface area contributed by atoms with Crippen LogP contribution in [0.2, 0.25) is 0 Å². The Morgan fingerprint density at radius 3 is 2.38 bits per heavy atom. The molecular weight excluding hydrogens is 340 g/mol. The molecule has 0 radical (unpaired) electrons. The van der Waals surface area contributed by atoms with Crippen molar-refractivity contribution in [3.05, 3.63) is 41.5 Å². The number of benzene rings is 1. The zero-order chi connectivity index (χ0) is 19.5. The molecule has 0 aliphatic carbocycles. The summed E-state index contributed by atoms with van der Waals surface area (Å²) in [5.74, 6) is -1.92. The molecule has 0 aliphatic heterocycles. The van der Waals surface area contributed by atoms with Crippen molar-refractivity contribution >= 4 is 30.0 Å². The number of hydrogen-bond donors (Lipinski definition) is 2. The normalized spacial score (nSPS) is 11.5. The second-order valence-corrected chi connectivity index (χ2v) is 5.39. The number of hydrogen-bond acceptors (Lipinski definition) is 6. The van der Waals surface area contributed by atoms with Crippen molar-refractivity contribution in [2.24, 2.45) is 0 Å². The number of nitrogens with one attached hydrogen (secondary N) is 2. The predicted molar refractivity (Wildman–Crippen MR) is 94.2 cm³/mol. The van der Waals surface area contributed by atoms with Crippen molar-refractivity contribution in [1.29, 1.82) is 0 Å². The van der Waals surface area contributed by atoms with E-state index in [4.69, 9.17) is 4.74 Å². The minimum atomic E-state index is -0.737. The Balaban J connectivity index is 2.41. The van der Waals surface area contributed by atoms with Crippen LogP contribution in [0, 0.1) is 0 Å². The molecule has 0 saturated heterocycles. The van der Waals surface area contributed by atoms with E-state index in [0.717, 1.165) is 12.5 Å². The summed E-state index contributed by atoms with van der Waals surface area (Å²) in [5, 5.41) is 4.62. The fourth-order valence-corrected chi connectivity index (χ4v) is 1.72. The summed E-state index contributed by atoms with van der Waals surface area (Å²) in [7, 11) is 1.29. The average molecular weight is 362 g/mol. The number of urea groups is 1. The third-order valence-corrected chi connectivity index (χ3v) is 3.33. The lowest BCUT2D eigenvalue weighted by atomic mass is 10.1. The third kappa shape index (κ3) is 7.61. The summed E-state index contributed by atoms with van der Waals surface area (Å²) in [6, 6.07) is 5.66. The molecule has 1 atom stereocenters. The van der Waals surface area contributed by atoms with Gasteiger partial charge in [-0.15, -0.1) is 0 Å². The van der Waals surface area contributed by atoms with E-state index in [-0.39, 0.29) is 6.04 Å². The molecule has 1 aromatic carbocycles. The first-order valence-electron chi connectivity index (χ1n) is 7.99. The van der Waals surface area contributed by atoms with E-state index >= 15 is 0 Å². The highest BCUT2D eigenvalue weighted by Crippen LogP contribution is 2.07. The number of esters is 2. The van der Waals surface area contributed by atoms with E-state index in [1.165, 1.54) is 13.2 Å². The largest absolute Gasteiger partial charge is 0.465 e. The van der Waals surface area contributed by atoms with Crippen molar-refractivity contribution < 1.29 is 28.7 Å². The molecule has 0 aromatic heterocycles. The summed E-state index contributed by atoms with van der Waals surface area (Å²) in [6.07, 6.45) is 3.33. The molecular formula is C18H22N2O6. The van der Waals surface area contributed by atoms with Gasteiger partial charge < -0.3 is 14.8 Å². The van der Waals surface area contributed by atoms with Crippen LogP contribution in [0.1, 0.15) is 36.2 Å². The first kappa shape index (κ1) is 20.9. The lowest BCUT2D eigenvalue weighted by Gasteiger charge is -2.11. The maximum atomic E-state index is 11.6. The van der Waals surface area contributed by atoms with Crippen molar-refractivity contribution in [3.63, 3.8) is 0 Å². The summed E-state index contributed by atoms with van der Waals surface area (Å²) in [4.78, 5) is 45.9. The number of ether oxygens (including phenoxy) is 2. The molecule has 140 valence electrons. The van der Waals surface area contributed by atoms with Crippen LogP contribution in [0.4, 0.5) is 4.79 Å². The number of carbonyl (C=O) groups is 4. The summed E-state index contributed by atoms with van der Waals surface area (Å²) in [5.41, 5.74) is 1.05. The van der Waals surface area contributed by atoms with Crippen LogP contribution >= 0.6 is 0 Å². The smallest absolute Gasteiger partial charge is 0.337 e. The Morgan fingerprint density at radius 2 is 1.81 bits per heavy atom. The highest BCUT2D eigenvalue weighted by atomic mass is 16.5. The van der Waals surface area contributed by atoms with Gasteiger partial charge in [0.1, 0.15) is 0 Å². The van der Waals surface area contributed by atoms with Crippen LogP contribution in [0.25, 0.3) is 6.08 Å². The zero-order valence-corrected chi connectivity index (χ0v) is 14.9. The molecule has 8 nitrogen and oxygen atoms in total. The van der Waals surface area contributed by atoms with Gasteiger partial charge >= 0.3 is 18.0 Å². The second-order valence-electron chi connectivity index (χ2n) is 5.39. The van der Waals surface area contributed by atoms with Crippen molar-refractivity contribution in [2.75, 3.05) is 13.7 Å². The molecule has 0 unspecified atom stereocenters. The molecule has 8 heteroatoms. The molecule has 2 N–H and O–H groups in total. The van der Waals surface area contributed by atoms with Gasteiger partial charge in [0.15, 0.2) is 6.61 Å². The first-order chi connectivity index (χ1) is 12.3. The molecule has 1 rings (SSSR count). The highest BCUT2D eigenvalue weighted by molar-refractivity contribution is 5.96. The fourth-order valence-electron chi connectivity index (χ4n) is 1.72. The summed E-state index contributed by atoms with van der Waals surface area (Å²) < 4.78 is 9.33. The van der Waals surface area contributed by atoms with Crippen LogP contribution in [-0.4, -0.2) is 43.6 Å². The van der Waals surface area contributed by atoms with Gasteiger partial charge in [-0.25, -0.2) is 14.4 Å². The summed E-state index contributed by atoms with van der Waals surface area (Å²) in [6.45, 7) is 3.12. The van der Waals surface area contributed by atoms with Crippen LogP contribution in [-0.2, 0) is 19.1 Å². The molecule has 1 aromatic rings. The van der Waals surface area contributed by atoms with Crippen LogP contribution in [0.15, 0.2) is 30.3 Å². The van der Waals surface area contributed by atoms with E-state index in [9.17, 15) is 19.2 Å². The minimum absolute atomic E-state index is 0.0705. The van der Waals surface area contributed by atoms with Gasteiger partial charge in [0.25, 0.3) is 5.91 Å². The van der Waals surface area contributed by atoms with E-state index in [2.05, 4.69) is 15.4 Å². The third-order valence-electron chi connectivity index (χ3n) is 3.33. The Morgan fingerprint density at radius 1 is 1.15 bits per heavy atom. The number of imide groups is 1. The monoisotopic (exact) mass is 362 g/mol. The summed E-state index contributed by atoms with van der Waals surface area (Å²) >= 11 is 0. The van der Waals surface area contributed by atoms with E-state index in [1.807, 2.05) is 6.92 Å². The quantitative estimate of drug-likeness (QED) is 0.564. The molecule has 0 spiro atoms. The predicted octanol–water partition coefficient (Wildman–Crippen LogP) is 1.65. The van der Waals surface area contributed by atoms with E-state index < -0.39 is 30.5 Å². The zero-order valence-electron chi connectivity index (χ0n) is 14.9. The van der Waals surface area contributed by atoms with E-state index in [1.54, 1.807) is 31.2 Å². The fraction of sp³-hybridized carbons (Fsp3) is 0.333. The molecule has 26 heavy (non-hydrogen) atoms. The molecule has 0 saturated carbocycles. The molecule has 3 amide bonds. The van der Waals surface area contributed by atoms with Crippen LogP contribution in [0.5, 0.6) is 0 Å². The topological polar surface area (TPSA) is 111 Å². The Hall–Kier alpha value is -3.16. The van der Waals surface area contributed by atoms with Gasteiger partial charge in [0, 0.05) is 12.1 Å². The molecule has 0 fully saturated rings. The first-order valence-corrected chi connectivity index (χ1v) is 7.99. The van der Waals surface area contributed by atoms with Gasteiger partial charge in [-0.2, -0.15) is 0 Å². The SMILES string of the molecule is CC[C@@H](C)NC(=O)NC(=O)COC(=O)/C=C/c1ccc(C(=O)OC)cc1. The van der Waals surface area contributed by atoms with Crippen molar-refractivity contribution in [2.45, 2.75) is 26.3 Å². The van der Waals surface area contributed by atoms with Crippen molar-refractivity contribution in [3.8, 4) is 0 Å². The van der Waals surface area contributed by atoms with Gasteiger partial charge in [0.05, 0.1) is 12.7 Å². The lowest BCUT2D eigenvalue weighted by Crippen LogP contribution is -2.44. The van der Waals surface area contributed by atoms with E-state index in [0.29, 0.717) is 11.1 Å². The average Bonchev–Trinajstić information content (AvgIpc) is 2.64. The Labute approximate surface area is 151 Å². The highest BCUT2D eigenvalue weighted by Gasteiger charge is 2.11. The second kappa shape index (κ2) is 10.7. The number of amides is 3. The van der Waals surface area contributed by atoms with Gasteiger partial charge in [-0.05, 0) is 37.1 Å². The van der Waals surface area contributed by atoms with Gasteiger partial charge in [0.2, 0.25) is 0 Å². The lowest BCUT2D eigenvalue weighted by molar-refractivity contribution is -0.143. The Bertz CT molecular complexity index is 681. The standard InChI is InChI=1S/C18H22N2O6/c1-4-12(2)19-18(24)20-15(21)11-26-16(22)10-7-13-5-8-14(9-6-13)17(23)25-3/h5-10,12H,4,11H2,1-3H3,(H2,19,20,21,24)/b10-7+/t12-/m1/s1. The molecule has 0 bridgehead atoms. The number of methoxy groups -OCH3 is 1. The van der Waals surface area contributed by atoms with Gasteiger partial charge in [-0.3, -0.25) is 10.1 Å².